The van der Waals surface area contributed by atoms with Gasteiger partial charge in [0.25, 0.3) is 0 Å². The van der Waals surface area contributed by atoms with Crippen LogP contribution in [-0.4, -0.2) is 54.5 Å². The van der Waals surface area contributed by atoms with Crippen molar-refractivity contribution in [3.05, 3.63) is 30.1 Å². The van der Waals surface area contributed by atoms with Gasteiger partial charge < -0.3 is 10.2 Å². The molecule has 1 fully saturated rings. The number of carbonyl (C=O) groups is 1. The molecular weight excluding hydrogens is 257 g/mol. The van der Waals surface area contributed by atoms with Gasteiger partial charge in [0, 0.05) is 31.9 Å². The molecule has 0 radical (unpaired) electrons. The molecule has 20 heavy (non-hydrogen) atoms. The van der Waals surface area contributed by atoms with E-state index in [1.54, 1.807) is 12.1 Å². The summed E-state index contributed by atoms with van der Waals surface area (Å²) in [5, 5.41) is 2.83. The average molecular weight is 279 g/mol. The van der Waals surface area contributed by atoms with Crippen molar-refractivity contribution in [3.8, 4) is 0 Å². The normalized spacial score (nSPS) is 18.8. The summed E-state index contributed by atoms with van der Waals surface area (Å²) < 4.78 is 12.8. The van der Waals surface area contributed by atoms with Crippen molar-refractivity contribution >= 4 is 11.6 Å². The molecule has 4 nitrogen and oxygen atoms in total. The zero-order chi connectivity index (χ0) is 14.5. The molecule has 1 aromatic carbocycles. The van der Waals surface area contributed by atoms with Gasteiger partial charge >= 0.3 is 0 Å². The van der Waals surface area contributed by atoms with E-state index in [0.717, 1.165) is 32.7 Å². The van der Waals surface area contributed by atoms with Gasteiger partial charge in [-0.1, -0.05) is 6.92 Å². The SMILES string of the molecule is CCN1CCN(C(C)C(=O)Nc2ccc(F)cc2)CC1. The smallest absolute Gasteiger partial charge is 0.241 e. The lowest BCUT2D eigenvalue weighted by Gasteiger charge is -2.36. The fourth-order valence-corrected chi connectivity index (χ4v) is 2.41. The van der Waals surface area contributed by atoms with Gasteiger partial charge in [0.2, 0.25) is 5.91 Å². The highest BCUT2D eigenvalue weighted by atomic mass is 19.1. The Labute approximate surface area is 119 Å². The lowest BCUT2D eigenvalue weighted by atomic mass is 10.2. The Kier molecular flexibility index (Phi) is 5.09. The third kappa shape index (κ3) is 3.77. The van der Waals surface area contributed by atoms with Gasteiger partial charge in [-0.15, -0.1) is 0 Å². The van der Waals surface area contributed by atoms with Gasteiger partial charge in [0.05, 0.1) is 6.04 Å². The monoisotopic (exact) mass is 279 g/mol. The molecule has 1 aliphatic rings. The second-order valence-corrected chi connectivity index (χ2v) is 5.14. The van der Waals surface area contributed by atoms with Gasteiger partial charge in [0.15, 0.2) is 0 Å². The molecule has 2 rings (SSSR count). The molecule has 1 aliphatic heterocycles. The van der Waals surface area contributed by atoms with Crippen molar-refractivity contribution in [2.24, 2.45) is 0 Å². The fourth-order valence-electron chi connectivity index (χ4n) is 2.41. The van der Waals surface area contributed by atoms with E-state index >= 15 is 0 Å². The van der Waals surface area contributed by atoms with Crippen LogP contribution in [0.5, 0.6) is 0 Å². The second kappa shape index (κ2) is 6.81. The highest BCUT2D eigenvalue weighted by Gasteiger charge is 2.24. The van der Waals surface area contributed by atoms with Gasteiger partial charge in [0.1, 0.15) is 5.82 Å². The van der Waals surface area contributed by atoms with Crippen molar-refractivity contribution in [2.75, 3.05) is 38.0 Å². The number of anilines is 1. The molecule has 1 saturated heterocycles. The minimum Gasteiger partial charge on any atom is -0.325 e. The maximum atomic E-state index is 12.8. The number of halogens is 1. The van der Waals surface area contributed by atoms with Crippen LogP contribution in [0.15, 0.2) is 24.3 Å². The van der Waals surface area contributed by atoms with Crippen LogP contribution < -0.4 is 5.32 Å². The minimum atomic E-state index is -0.299. The van der Waals surface area contributed by atoms with E-state index in [0.29, 0.717) is 5.69 Å². The molecule has 0 spiro atoms. The number of nitrogens with zero attached hydrogens (tertiary/aromatic N) is 2. The standard InChI is InChI=1S/C15H22FN3O/c1-3-18-8-10-19(11-9-18)12(2)15(20)17-14-6-4-13(16)5-7-14/h4-7,12H,3,8-11H2,1-2H3,(H,17,20). The zero-order valence-corrected chi connectivity index (χ0v) is 12.1. The number of piperazine rings is 1. The van der Waals surface area contributed by atoms with Crippen molar-refractivity contribution in [1.29, 1.82) is 0 Å². The van der Waals surface area contributed by atoms with Crippen LogP contribution in [0, 0.1) is 5.82 Å². The summed E-state index contributed by atoms with van der Waals surface area (Å²) >= 11 is 0. The van der Waals surface area contributed by atoms with Gasteiger partial charge in [-0.05, 0) is 37.7 Å². The fraction of sp³-hybridized carbons (Fsp3) is 0.533. The Morgan fingerprint density at radius 3 is 2.40 bits per heavy atom. The minimum absolute atomic E-state index is 0.0402. The Morgan fingerprint density at radius 1 is 1.25 bits per heavy atom. The van der Waals surface area contributed by atoms with Crippen molar-refractivity contribution < 1.29 is 9.18 Å². The van der Waals surface area contributed by atoms with Gasteiger partial charge in [-0.2, -0.15) is 0 Å². The van der Waals surface area contributed by atoms with Gasteiger partial charge in [-0.25, -0.2) is 4.39 Å². The number of hydrogen-bond donors (Lipinski definition) is 1. The molecule has 1 unspecified atom stereocenters. The number of benzene rings is 1. The molecule has 1 atom stereocenters. The zero-order valence-electron chi connectivity index (χ0n) is 12.1. The highest BCUT2D eigenvalue weighted by Crippen LogP contribution is 2.11. The van der Waals surface area contributed by atoms with Crippen LogP contribution in [0.1, 0.15) is 13.8 Å². The van der Waals surface area contributed by atoms with E-state index < -0.39 is 0 Å². The van der Waals surface area contributed by atoms with Crippen molar-refractivity contribution in [1.82, 2.24) is 9.80 Å². The van der Waals surface area contributed by atoms with Crippen LogP contribution in [0.25, 0.3) is 0 Å². The quantitative estimate of drug-likeness (QED) is 0.912. The van der Waals surface area contributed by atoms with Crippen molar-refractivity contribution in [2.45, 2.75) is 19.9 Å². The molecule has 1 heterocycles. The number of hydrogen-bond acceptors (Lipinski definition) is 3. The maximum absolute atomic E-state index is 12.8. The predicted molar refractivity (Wildman–Crippen MR) is 78.2 cm³/mol. The Morgan fingerprint density at radius 2 is 1.85 bits per heavy atom. The van der Waals surface area contributed by atoms with E-state index in [4.69, 9.17) is 0 Å². The van der Waals surface area contributed by atoms with E-state index in [1.165, 1.54) is 12.1 Å². The van der Waals surface area contributed by atoms with E-state index in [2.05, 4.69) is 22.0 Å². The van der Waals surface area contributed by atoms with Crippen LogP contribution in [0.3, 0.4) is 0 Å². The number of nitrogens with one attached hydrogen (secondary N) is 1. The lowest BCUT2D eigenvalue weighted by molar-refractivity contribution is -0.121. The molecule has 0 bridgehead atoms. The molecule has 1 amide bonds. The lowest BCUT2D eigenvalue weighted by Crippen LogP contribution is -2.52. The largest absolute Gasteiger partial charge is 0.325 e. The summed E-state index contributed by atoms with van der Waals surface area (Å²) in [7, 11) is 0. The summed E-state index contributed by atoms with van der Waals surface area (Å²) in [4.78, 5) is 16.7. The molecule has 1 N–H and O–H groups in total. The molecule has 5 heteroatoms. The van der Waals surface area contributed by atoms with Crippen LogP contribution >= 0.6 is 0 Å². The molecule has 0 saturated carbocycles. The summed E-state index contributed by atoms with van der Waals surface area (Å²) in [5.41, 5.74) is 0.635. The van der Waals surface area contributed by atoms with Crippen molar-refractivity contribution in [3.63, 3.8) is 0 Å². The Hall–Kier alpha value is -1.46. The first-order valence-corrected chi connectivity index (χ1v) is 7.13. The summed E-state index contributed by atoms with van der Waals surface area (Å²) in [6, 6.07) is 5.68. The highest BCUT2D eigenvalue weighted by molar-refractivity contribution is 5.94. The van der Waals surface area contributed by atoms with E-state index in [-0.39, 0.29) is 17.8 Å². The molecular formula is C15H22FN3O. The van der Waals surface area contributed by atoms with E-state index in [1.807, 2.05) is 6.92 Å². The molecule has 0 aromatic heterocycles. The van der Waals surface area contributed by atoms with Crippen LogP contribution in [0.4, 0.5) is 10.1 Å². The summed E-state index contributed by atoms with van der Waals surface area (Å²) in [6.07, 6.45) is 0. The number of carbonyl (C=O) groups excluding carboxylic acids is 1. The topological polar surface area (TPSA) is 35.6 Å². The average Bonchev–Trinajstić information content (AvgIpc) is 2.49. The summed E-state index contributed by atoms with van der Waals surface area (Å²) in [6.45, 7) is 8.96. The first-order chi connectivity index (χ1) is 9.60. The first-order valence-electron chi connectivity index (χ1n) is 7.13. The van der Waals surface area contributed by atoms with E-state index in [9.17, 15) is 9.18 Å². The third-order valence-corrected chi connectivity index (χ3v) is 3.89. The Bertz CT molecular complexity index is 441. The predicted octanol–water partition coefficient (Wildman–Crippen LogP) is 1.79. The van der Waals surface area contributed by atoms with Crippen LogP contribution in [-0.2, 0) is 4.79 Å². The third-order valence-electron chi connectivity index (χ3n) is 3.89. The second-order valence-electron chi connectivity index (χ2n) is 5.14. The van der Waals surface area contributed by atoms with Gasteiger partial charge in [-0.3, -0.25) is 9.69 Å². The summed E-state index contributed by atoms with van der Waals surface area (Å²) in [5.74, 6) is -0.340. The Balaban J connectivity index is 1.87. The number of amides is 1. The number of likely N-dealkylation sites (N-methyl/N-ethyl adjacent to an activating group) is 1. The molecule has 1 aromatic rings. The molecule has 0 aliphatic carbocycles. The number of rotatable bonds is 4. The first kappa shape index (κ1) is 14.9. The molecule has 110 valence electrons. The van der Waals surface area contributed by atoms with Crippen LogP contribution in [0.2, 0.25) is 0 Å². The maximum Gasteiger partial charge on any atom is 0.241 e.